The molecule has 0 spiro atoms. The Morgan fingerprint density at radius 3 is 1.65 bits per heavy atom. The van der Waals surface area contributed by atoms with Crippen LogP contribution < -0.4 is 0 Å². The normalized spacial score (nSPS) is 10.5. The highest BCUT2D eigenvalue weighted by Crippen LogP contribution is 2.12. The van der Waals surface area contributed by atoms with E-state index in [1.165, 1.54) is 70.6 Å². The minimum absolute atomic E-state index is 0.659. The van der Waals surface area contributed by atoms with Crippen molar-refractivity contribution in [2.24, 2.45) is 0 Å². The summed E-state index contributed by atoms with van der Waals surface area (Å²) in [5, 5.41) is 0. The Morgan fingerprint density at radius 2 is 1.24 bits per heavy atom. The molecule has 0 rings (SSSR count). The Kier molecular flexibility index (Phi) is 15.2. The lowest BCUT2D eigenvalue weighted by molar-refractivity contribution is 0.552. The highest BCUT2D eigenvalue weighted by Gasteiger charge is 1.95. The van der Waals surface area contributed by atoms with Crippen molar-refractivity contribution in [2.75, 3.05) is 0 Å². The van der Waals surface area contributed by atoms with E-state index in [-0.39, 0.29) is 0 Å². The maximum atomic E-state index is 10.4. The summed E-state index contributed by atoms with van der Waals surface area (Å²) in [6, 6.07) is 0. The minimum Gasteiger partial charge on any atom is -0.212 e. The molecule has 0 aromatic heterocycles. The van der Waals surface area contributed by atoms with E-state index in [0.717, 1.165) is 9.29 Å². The molecule has 0 unspecified atom stereocenters. The van der Waals surface area contributed by atoms with Crippen molar-refractivity contribution in [1.29, 1.82) is 0 Å². The molecule has 3 heteroatoms. The fraction of sp³-hybridized carbons (Fsp3) is 0.929. The van der Waals surface area contributed by atoms with Gasteiger partial charge in [-0.3, -0.25) is 0 Å². The largest absolute Gasteiger partial charge is 0.212 e. The second-order valence-electron chi connectivity index (χ2n) is 4.72. The lowest BCUT2D eigenvalue weighted by Gasteiger charge is -2.01. The standard InChI is InChI=1S/C14H27IOS/c1-2-3-4-5-6-7-8-9-10-11-12-13-14(15)17-16/h2-13H2,1H3. The van der Waals surface area contributed by atoms with Crippen LogP contribution in [0.5, 0.6) is 0 Å². The molecule has 0 amide bonds. The van der Waals surface area contributed by atoms with E-state index in [0.29, 0.717) is 11.3 Å². The first-order valence-corrected chi connectivity index (χ1v) is 8.94. The summed E-state index contributed by atoms with van der Waals surface area (Å²) < 4.78 is 11.4. The summed E-state index contributed by atoms with van der Waals surface area (Å²) in [5.74, 6) is 0. The van der Waals surface area contributed by atoms with Gasteiger partial charge in [0.15, 0.2) is 0 Å². The second-order valence-corrected chi connectivity index (χ2v) is 7.42. The molecule has 0 saturated heterocycles. The molecule has 0 fully saturated rings. The zero-order valence-electron chi connectivity index (χ0n) is 11.2. The fourth-order valence-electron chi connectivity index (χ4n) is 1.97. The summed E-state index contributed by atoms with van der Waals surface area (Å²) in [4.78, 5) is 0. The van der Waals surface area contributed by atoms with E-state index in [2.05, 4.69) is 29.5 Å². The molecule has 102 valence electrons. The average Bonchev–Trinajstić information content (AvgIpc) is 2.35. The molecular weight excluding hydrogens is 343 g/mol. The SMILES string of the molecule is CCCCCCCCCCCCCC(I)=S=O. The van der Waals surface area contributed by atoms with Crippen LogP contribution in [-0.4, -0.2) is 7.08 Å². The smallest absolute Gasteiger partial charge is 0.0986 e. The first-order chi connectivity index (χ1) is 8.31. The van der Waals surface area contributed by atoms with Gasteiger partial charge in [0.05, 0.1) is 14.1 Å². The quantitative estimate of drug-likeness (QED) is 0.193. The van der Waals surface area contributed by atoms with Gasteiger partial charge in [0.2, 0.25) is 0 Å². The van der Waals surface area contributed by atoms with Gasteiger partial charge in [-0.2, -0.15) is 0 Å². The van der Waals surface area contributed by atoms with E-state index in [1.807, 2.05) is 0 Å². The Morgan fingerprint density at radius 1 is 0.824 bits per heavy atom. The van der Waals surface area contributed by atoms with Gasteiger partial charge in [-0.15, -0.1) is 0 Å². The fourth-order valence-corrected chi connectivity index (χ4v) is 2.58. The van der Waals surface area contributed by atoms with Crippen LogP contribution >= 0.6 is 22.6 Å². The van der Waals surface area contributed by atoms with Crippen LogP contribution in [0.2, 0.25) is 0 Å². The van der Waals surface area contributed by atoms with Crippen LogP contribution in [0.4, 0.5) is 0 Å². The topological polar surface area (TPSA) is 17.1 Å². The summed E-state index contributed by atoms with van der Waals surface area (Å²) in [6.07, 6.45) is 16.1. The third-order valence-corrected chi connectivity index (χ3v) is 4.53. The first kappa shape index (κ1) is 17.6. The molecule has 0 bridgehead atoms. The highest BCUT2D eigenvalue weighted by molar-refractivity contribution is 14.1. The Labute approximate surface area is 124 Å². The average molecular weight is 370 g/mol. The third kappa shape index (κ3) is 14.6. The van der Waals surface area contributed by atoms with Crippen LogP contribution in [-0.2, 0) is 11.3 Å². The van der Waals surface area contributed by atoms with Gasteiger partial charge < -0.3 is 0 Å². The molecule has 0 radical (unpaired) electrons. The molecule has 1 nitrogen and oxygen atoms in total. The number of hydrogen-bond donors (Lipinski definition) is 0. The molecule has 0 atom stereocenters. The number of hydrogen-bond acceptors (Lipinski definition) is 1. The number of halogens is 1. The van der Waals surface area contributed by atoms with Crippen molar-refractivity contribution < 1.29 is 4.21 Å². The molecule has 0 aliphatic carbocycles. The Balaban J connectivity index is 3.01. The van der Waals surface area contributed by atoms with E-state index in [4.69, 9.17) is 0 Å². The van der Waals surface area contributed by atoms with Gasteiger partial charge in [0, 0.05) is 0 Å². The van der Waals surface area contributed by atoms with Crippen molar-refractivity contribution >= 4 is 36.7 Å². The van der Waals surface area contributed by atoms with E-state index < -0.39 is 0 Å². The predicted octanol–water partition coefficient (Wildman–Crippen LogP) is 5.47. The maximum absolute atomic E-state index is 10.4. The molecule has 0 aromatic rings. The third-order valence-electron chi connectivity index (χ3n) is 3.07. The van der Waals surface area contributed by atoms with Crippen LogP contribution in [0.15, 0.2) is 0 Å². The van der Waals surface area contributed by atoms with Crippen LogP contribution in [0.1, 0.15) is 84.0 Å². The Bertz CT molecular complexity index is 212. The van der Waals surface area contributed by atoms with E-state index >= 15 is 0 Å². The molecule has 17 heavy (non-hydrogen) atoms. The van der Waals surface area contributed by atoms with Gasteiger partial charge in [-0.25, -0.2) is 4.21 Å². The molecule has 0 saturated carbocycles. The summed E-state index contributed by atoms with van der Waals surface area (Å²) in [6.45, 7) is 2.27. The monoisotopic (exact) mass is 370 g/mol. The van der Waals surface area contributed by atoms with Gasteiger partial charge in [0.1, 0.15) is 0 Å². The molecular formula is C14H27IOS. The van der Waals surface area contributed by atoms with Crippen molar-refractivity contribution in [3.63, 3.8) is 0 Å². The van der Waals surface area contributed by atoms with Gasteiger partial charge in [-0.05, 0) is 35.4 Å². The van der Waals surface area contributed by atoms with Crippen LogP contribution in [0, 0.1) is 0 Å². The molecule has 0 aromatic carbocycles. The predicted molar refractivity (Wildman–Crippen MR) is 88.2 cm³/mol. The van der Waals surface area contributed by atoms with Crippen molar-refractivity contribution in [1.82, 2.24) is 0 Å². The maximum Gasteiger partial charge on any atom is 0.0986 e. The summed E-state index contributed by atoms with van der Waals surface area (Å²) in [7, 11) is 0. The zero-order chi connectivity index (χ0) is 12.8. The zero-order valence-corrected chi connectivity index (χ0v) is 14.2. The van der Waals surface area contributed by atoms with Crippen molar-refractivity contribution in [2.45, 2.75) is 84.0 Å². The van der Waals surface area contributed by atoms with Gasteiger partial charge in [0.25, 0.3) is 0 Å². The molecule has 0 heterocycles. The highest BCUT2D eigenvalue weighted by atomic mass is 127. The van der Waals surface area contributed by atoms with E-state index in [1.54, 1.807) is 0 Å². The lowest BCUT2D eigenvalue weighted by Crippen LogP contribution is -1.86. The number of rotatable bonds is 12. The molecule has 0 aliphatic heterocycles. The van der Waals surface area contributed by atoms with Gasteiger partial charge >= 0.3 is 0 Å². The van der Waals surface area contributed by atoms with Gasteiger partial charge in [-0.1, -0.05) is 71.1 Å². The number of unbranched alkanes of at least 4 members (excludes halogenated alkanes) is 10. The molecule has 0 aliphatic rings. The second kappa shape index (κ2) is 14.7. The van der Waals surface area contributed by atoms with Crippen molar-refractivity contribution in [3.8, 4) is 0 Å². The molecule has 0 N–H and O–H groups in total. The van der Waals surface area contributed by atoms with E-state index in [9.17, 15) is 4.21 Å². The summed E-state index contributed by atoms with van der Waals surface area (Å²) in [5.41, 5.74) is 0. The lowest BCUT2D eigenvalue weighted by atomic mass is 10.1. The summed E-state index contributed by atoms with van der Waals surface area (Å²) >= 11 is 2.82. The van der Waals surface area contributed by atoms with Crippen molar-refractivity contribution in [3.05, 3.63) is 0 Å². The van der Waals surface area contributed by atoms with Crippen LogP contribution in [0.3, 0.4) is 0 Å². The Hall–Kier alpha value is 0.620. The first-order valence-electron chi connectivity index (χ1n) is 7.12. The minimum atomic E-state index is 0.659. The van der Waals surface area contributed by atoms with Crippen LogP contribution in [0.25, 0.3) is 0 Å².